The van der Waals surface area contributed by atoms with Gasteiger partial charge in [0.05, 0.1) is 13.0 Å². The molecule has 1 aromatic carbocycles. The number of rotatable bonds is 9. The van der Waals surface area contributed by atoms with Gasteiger partial charge in [-0.3, -0.25) is 9.59 Å². The van der Waals surface area contributed by atoms with Crippen molar-refractivity contribution in [3.63, 3.8) is 0 Å². The standard InChI is InChI=1S/C24H36N2O5/c1-30-18-13-23(28)25-15-11-22(12-16-25)31-21-9-7-19(8-10-21)24(29)26-14-3-2-5-20(26)6-4-17-27/h7-10,20,22,27H,2-6,11-18H2,1H3/t20-/m1/s1. The van der Waals surface area contributed by atoms with Crippen LogP contribution in [0.2, 0.25) is 0 Å². The van der Waals surface area contributed by atoms with Crippen molar-refractivity contribution in [3.8, 4) is 5.75 Å². The zero-order valence-electron chi connectivity index (χ0n) is 18.6. The number of carbonyl (C=O) groups excluding carboxylic acids is 2. The lowest BCUT2D eigenvalue weighted by atomic mass is 9.97. The van der Waals surface area contributed by atoms with Gasteiger partial charge in [0.1, 0.15) is 11.9 Å². The van der Waals surface area contributed by atoms with Crippen molar-refractivity contribution in [2.24, 2.45) is 0 Å². The number of aliphatic hydroxyl groups excluding tert-OH is 1. The number of benzene rings is 1. The molecule has 1 N–H and O–H groups in total. The summed E-state index contributed by atoms with van der Waals surface area (Å²) in [5, 5.41) is 9.14. The zero-order valence-corrected chi connectivity index (χ0v) is 18.6. The number of hydrogen-bond donors (Lipinski definition) is 1. The van der Waals surface area contributed by atoms with Crippen molar-refractivity contribution >= 4 is 11.8 Å². The summed E-state index contributed by atoms with van der Waals surface area (Å²) in [5.41, 5.74) is 0.682. The van der Waals surface area contributed by atoms with E-state index in [0.717, 1.165) is 57.2 Å². The Bertz CT molecular complexity index is 700. The highest BCUT2D eigenvalue weighted by Gasteiger charge is 2.27. The van der Waals surface area contributed by atoms with Gasteiger partial charge in [0.2, 0.25) is 5.91 Å². The first-order chi connectivity index (χ1) is 15.1. The van der Waals surface area contributed by atoms with E-state index in [1.54, 1.807) is 7.11 Å². The molecular formula is C24H36N2O5. The summed E-state index contributed by atoms with van der Waals surface area (Å²) >= 11 is 0. The average molecular weight is 433 g/mol. The van der Waals surface area contributed by atoms with Gasteiger partial charge in [-0.1, -0.05) is 0 Å². The normalized spacial score (nSPS) is 20.0. The van der Waals surface area contributed by atoms with Gasteiger partial charge in [-0.2, -0.15) is 0 Å². The number of amides is 2. The van der Waals surface area contributed by atoms with Crippen molar-refractivity contribution in [2.45, 2.75) is 63.5 Å². The number of ether oxygens (including phenoxy) is 2. The first kappa shape index (κ1) is 23.5. The van der Waals surface area contributed by atoms with Crippen LogP contribution in [0.25, 0.3) is 0 Å². The van der Waals surface area contributed by atoms with Crippen LogP contribution in [0.3, 0.4) is 0 Å². The quantitative estimate of drug-likeness (QED) is 0.649. The predicted molar refractivity (Wildman–Crippen MR) is 118 cm³/mol. The van der Waals surface area contributed by atoms with Gasteiger partial charge in [0, 0.05) is 57.8 Å². The summed E-state index contributed by atoms with van der Waals surface area (Å²) in [4.78, 5) is 29.0. The second kappa shape index (κ2) is 12.1. The minimum Gasteiger partial charge on any atom is -0.490 e. The third kappa shape index (κ3) is 6.68. The first-order valence-corrected chi connectivity index (χ1v) is 11.6. The maximum absolute atomic E-state index is 13.0. The molecule has 0 spiro atoms. The van der Waals surface area contributed by atoms with Crippen LogP contribution in [-0.4, -0.2) is 78.8 Å². The fourth-order valence-electron chi connectivity index (χ4n) is 4.50. The van der Waals surface area contributed by atoms with Gasteiger partial charge >= 0.3 is 0 Å². The van der Waals surface area contributed by atoms with Gasteiger partial charge in [0.15, 0.2) is 0 Å². The van der Waals surface area contributed by atoms with Crippen molar-refractivity contribution in [1.82, 2.24) is 9.80 Å². The summed E-state index contributed by atoms with van der Waals surface area (Å²) in [6, 6.07) is 7.66. The Balaban J connectivity index is 1.50. The summed E-state index contributed by atoms with van der Waals surface area (Å²) in [6.45, 7) is 2.82. The summed E-state index contributed by atoms with van der Waals surface area (Å²) in [6.07, 6.45) is 6.90. The van der Waals surface area contributed by atoms with Crippen molar-refractivity contribution in [1.29, 1.82) is 0 Å². The minimum atomic E-state index is 0.0667. The van der Waals surface area contributed by atoms with Crippen molar-refractivity contribution < 1.29 is 24.2 Å². The summed E-state index contributed by atoms with van der Waals surface area (Å²) in [7, 11) is 1.61. The second-order valence-corrected chi connectivity index (χ2v) is 8.48. The topological polar surface area (TPSA) is 79.3 Å². The van der Waals surface area contributed by atoms with Gasteiger partial charge < -0.3 is 24.4 Å². The highest BCUT2D eigenvalue weighted by molar-refractivity contribution is 5.94. The van der Waals surface area contributed by atoms with Gasteiger partial charge in [-0.25, -0.2) is 0 Å². The first-order valence-electron chi connectivity index (χ1n) is 11.6. The number of likely N-dealkylation sites (tertiary alicyclic amines) is 2. The molecule has 2 heterocycles. The van der Waals surface area contributed by atoms with Gasteiger partial charge in [0.25, 0.3) is 5.91 Å². The second-order valence-electron chi connectivity index (χ2n) is 8.48. The summed E-state index contributed by atoms with van der Waals surface area (Å²) < 4.78 is 11.1. The van der Waals surface area contributed by atoms with Gasteiger partial charge in [-0.15, -0.1) is 0 Å². The number of nitrogens with zero attached hydrogens (tertiary/aromatic N) is 2. The Morgan fingerprint density at radius 1 is 1.06 bits per heavy atom. The molecule has 1 aromatic rings. The Kier molecular flexibility index (Phi) is 9.15. The molecule has 7 heteroatoms. The smallest absolute Gasteiger partial charge is 0.254 e. The molecule has 7 nitrogen and oxygen atoms in total. The van der Waals surface area contributed by atoms with Crippen LogP contribution in [0, 0.1) is 0 Å². The number of methoxy groups -OCH3 is 1. The van der Waals surface area contributed by atoms with E-state index in [-0.39, 0.29) is 30.6 Å². The molecule has 0 aliphatic carbocycles. The number of aliphatic hydroxyl groups is 1. The molecule has 172 valence electrons. The van der Waals surface area contributed by atoms with Crippen LogP contribution in [-0.2, 0) is 9.53 Å². The Labute approximate surface area is 185 Å². The van der Waals surface area contributed by atoms with Crippen LogP contribution in [0.15, 0.2) is 24.3 Å². The third-order valence-electron chi connectivity index (χ3n) is 6.30. The molecule has 0 radical (unpaired) electrons. The molecule has 0 unspecified atom stereocenters. The molecule has 0 saturated carbocycles. The number of carbonyl (C=O) groups is 2. The molecule has 2 amide bonds. The highest BCUT2D eigenvalue weighted by Crippen LogP contribution is 2.25. The predicted octanol–water partition coefficient (Wildman–Crippen LogP) is 2.86. The molecule has 2 aliphatic heterocycles. The monoisotopic (exact) mass is 432 g/mol. The Morgan fingerprint density at radius 3 is 2.48 bits per heavy atom. The van der Waals surface area contributed by atoms with Crippen LogP contribution in [0.4, 0.5) is 0 Å². The van der Waals surface area contributed by atoms with Crippen LogP contribution < -0.4 is 4.74 Å². The average Bonchev–Trinajstić information content (AvgIpc) is 2.82. The molecule has 1 atom stereocenters. The van der Waals surface area contributed by atoms with Crippen molar-refractivity contribution in [2.75, 3.05) is 40.0 Å². The van der Waals surface area contributed by atoms with Crippen LogP contribution in [0.5, 0.6) is 5.75 Å². The van der Waals surface area contributed by atoms with Gasteiger partial charge in [-0.05, 0) is 56.4 Å². The lowest BCUT2D eigenvalue weighted by Gasteiger charge is -2.36. The maximum atomic E-state index is 13.0. The fourth-order valence-corrected chi connectivity index (χ4v) is 4.50. The fraction of sp³-hybridized carbons (Fsp3) is 0.667. The Hall–Kier alpha value is -2.12. The van der Waals surface area contributed by atoms with Crippen molar-refractivity contribution in [3.05, 3.63) is 29.8 Å². The molecule has 2 aliphatic rings. The third-order valence-corrected chi connectivity index (χ3v) is 6.30. The SMILES string of the molecule is COCCC(=O)N1CCC(Oc2ccc(C(=O)N3CCCC[C@@H]3CCCO)cc2)CC1. The van der Waals surface area contributed by atoms with E-state index < -0.39 is 0 Å². The van der Waals surface area contributed by atoms with E-state index >= 15 is 0 Å². The zero-order chi connectivity index (χ0) is 22.1. The lowest BCUT2D eigenvalue weighted by molar-refractivity contribution is -0.133. The molecule has 0 bridgehead atoms. The van der Waals surface area contributed by atoms with Crippen LogP contribution in [0.1, 0.15) is 61.7 Å². The molecule has 2 saturated heterocycles. The lowest BCUT2D eigenvalue weighted by Crippen LogP contribution is -2.43. The molecule has 3 rings (SSSR count). The van der Waals surface area contributed by atoms with E-state index in [4.69, 9.17) is 14.6 Å². The number of hydrogen-bond acceptors (Lipinski definition) is 5. The van der Waals surface area contributed by atoms with Crippen LogP contribution >= 0.6 is 0 Å². The van der Waals surface area contributed by atoms with E-state index in [1.807, 2.05) is 34.1 Å². The molecule has 0 aromatic heterocycles. The Morgan fingerprint density at radius 2 is 1.81 bits per heavy atom. The summed E-state index contributed by atoms with van der Waals surface area (Å²) in [5.74, 6) is 0.964. The molecule has 2 fully saturated rings. The largest absolute Gasteiger partial charge is 0.490 e. The van der Waals surface area contributed by atoms with E-state index in [0.29, 0.717) is 31.7 Å². The van der Waals surface area contributed by atoms with E-state index in [9.17, 15) is 9.59 Å². The molecular weight excluding hydrogens is 396 g/mol. The highest BCUT2D eigenvalue weighted by atomic mass is 16.5. The molecule has 31 heavy (non-hydrogen) atoms. The van der Waals surface area contributed by atoms with E-state index in [2.05, 4.69) is 0 Å². The van der Waals surface area contributed by atoms with E-state index in [1.165, 1.54) is 0 Å². The minimum absolute atomic E-state index is 0.0667. The number of piperidine rings is 2. The maximum Gasteiger partial charge on any atom is 0.254 e.